The smallest absolute Gasteiger partial charge is 0.462 e. The third-order valence-electron chi connectivity index (χ3n) is 11.3. The van der Waals surface area contributed by atoms with Gasteiger partial charge in [-0.05, 0) is 77.0 Å². The van der Waals surface area contributed by atoms with Crippen LogP contribution in [0.3, 0.4) is 0 Å². The van der Waals surface area contributed by atoms with Crippen molar-refractivity contribution in [2.24, 2.45) is 0 Å². The maximum absolute atomic E-state index is 12.8. The fraction of sp³-hybridized carbons (Fsp3) is 0.765. The van der Waals surface area contributed by atoms with Crippen LogP contribution in [0.1, 0.15) is 194 Å². The van der Waals surface area contributed by atoms with Crippen LogP contribution in [0, 0.1) is 0 Å². The maximum Gasteiger partial charge on any atom is 0.472 e. The van der Waals surface area contributed by atoms with Crippen LogP contribution >= 0.6 is 7.82 Å². The van der Waals surface area contributed by atoms with E-state index in [0.29, 0.717) is 19.3 Å². The van der Waals surface area contributed by atoms with Crippen molar-refractivity contribution in [3.05, 3.63) is 60.8 Å². The summed E-state index contributed by atoms with van der Waals surface area (Å²) in [4.78, 5) is 35.7. The third kappa shape index (κ3) is 32.8. The van der Waals surface area contributed by atoms with Gasteiger partial charge in [-0.3, -0.25) is 18.6 Å². The molecule has 14 heteroatoms. The highest BCUT2D eigenvalue weighted by Gasteiger charge is 2.51. The van der Waals surface area contributed by atoms with Crippen LogP contribution in [0.2, 0.25) is 0 Å². The topological polar surface area (TPSA) is 210 Å². The van der Waals surface area contributed by atoms with E-state index in [1.165, 1.54) is 96.3 Å². The Bertz CT molecular complexity index is 1370. The molecule has 0 saturated heterocycles. The first-order chi connectivity index (χ1) is 31.4. The largest absolute Gasteiger partial charge is 0.472 e. The average Bonchev–Trinajstić information content (AvgIpc) is 3.29. The number of ether oxygens (including phenoxy) is 2. The molecule has 0 aromatic carbocycles. The molecule has 1 aliphatic rings. The number of esters is 2. The highest BCUT2D eigenvalue weighted by Crippen LogP contribution is 2.47. The minimum atomic E-state index is -5.14. The third-order valence-corrected chi connectivity index (χ3v) is 12.3. The molecular formula is C51H89O13P. The Morgan fingerprint density at radius 2 is 0.846 bits per heavy atom. The molecule has 0 heterocycles. The minimum Gasteiger partial charge on any atom is -0.462 e. The number of hydrogen-bond acceptors (Lipinski definition) is 12. The number of carbonyl (C=O) groups is 2. The molecule has 6 unspecified atom stereocenters. The predicted octanol–water partition coefficient (Wildman–Crippen LogP) is 10.5. The van der Waals surface area contributed by atoms with Crippen molar-refractivity contribution in [3.63, 3.8) is 0 Å². The molecule has 0 aromatic rings. The lowest BCUT2D eigenvalue weighted by atomic mass is 9.85. The summed E-state index contributed by atoms with van der Waals surface area (Å²) in [5, 5.41) is 50.2. The molecule has 0 bridgehead atoms. The van der Waals surface area contributed by atoms with Gasteiger partial charge in [0.2, 0.25) is 0 Å². The number of unbranched alkanes of at least 4 members (excludes halogenated alkanes) is 19. The zero-order valence-corrected chi connectivity index (χ0v) is 40.9. The summed E-state index contributed by atoms with van der Waals surface area (Å²) in [5.41, 5.74) is 0. The van der Waals surface area contributed by atoms with Crippen molar-refractivity contribution in [1.82, 2.24) is 0 Å². The van der Waals surface area contributed by atoms with Gasteiger partial charge >= 0.3 is 19.8 Å². The van der Waals surface area contributed by atoms with Gasteiger partial charge in [0.15, 0.2) is 6.10 Å². The SMILES string of the molecule is CCCCCCCCC/C=C/C/C=C/C/C=C/C/C=C/CCCC(=O)O[C@H](COC(=O)CCCCC/C=C/CCCCCCCCCC)COP(=O)(O)OC1C(O)C(O)C(O)[C@@H](O)C1O. The molecule has 0 aromatic heterocycles. The molecule has 65 heavy (non-hydrogen) atoms. The fourth-order valence-corrected chi connectivity index (χ4v) is 8.25. The molecule has 8 atom stereocenters. The first-order valence-corrected chi connectivity index (χ1v) is 26.6. The first-order valence-electron chi connectivity index (χ1n) is 25.1. The minimum absolute atomic E-state index is 0.0162. The summed E-state index contributed by atoms with van der Waals surface area (Å²) in [6, 6.07) is 0. The van der Waals surface area contributed by atoms with E-state index >= 15 is 0 Å². The van der Waals surface area contributed by atoms with Crippen molar-refractivity contribution in [2.75, 3.05) is 13.2 Å². The predicted molar refractivity (Wildman–Crippen MR) is 258 cm³/mol. The van der Waals surface area contributed by atoms with Gasteiger partial charge in [0.25, 0.3) is 0 Å². The zero-order chi connectivity index (χ0) is 47.8. The molecule has 13 nitrogen and oxygen atoms in total. The molecule has 1 rings (SSSR count). The normalized spacial score (nSPS) is 21.9. The van der Waals surface area contributed by atoms with Crippen LogP contribution in [0.15, 0.2) is 60.8 Å². The second-order valence-corrected chi connectivity index (χ2v) is 18.7. The molecule has 0 amide bonds. The highest BCUT2D eigenvalue weighted by atomic mass is 31.2. The Morgan fingerprint density at radius 3 is 1.32 bits per heavy atom. The number of hydrogen-bond donors (Lipinski definition) is 6. The summed E-state index contributed by atoms with van der Waals surface area (Å²) >= 11 is 0. The summed E-state index contributed by atoms with van der Waals surface area (Å²) in [5.74, 6) is -1.18. The number of phosphoric ester groups is 1. The Balaban J connectivity index is 2.48. The Morgan fingerprint density at radius 1 is 0.477 bits per heavy atom. The fourth-order valence-electron chi connectivity index (χ4n) is 7.27. The van der Waals surface area contributed by atoms with E-state index < -0.39 is 75.7 Å². The van der Waals surface area contributed by atoms with E-state index in [1.807, 2.05) is 12.2 Å². The molecule has 0 spiro atoms. The molecule has 1 aliphatic carbocycles. The van der Waals surface area contributed by atoms with E-state index in [0.717, 1.165) is 51.4 Å². The Hall–Kier alpha value is -2.45. The number of aliphatic hydroxyl groups excluding tert-OH is 5. The number of aliphatic hydroxyl groups is 5. The Kier molecular flexibility index (Phi) is 37.8. The summed E-state index contributed by atoms with van der Waals surface area (Å²) in [7, 11) is -5.14. The zero-order valence-electron chi connectivity index (χ0n) is 40.0. The van der Waals surface area contributed by atoms with Crippen molar-refractivity contribution in [1.29, 1.82) is 0 Å². The van der Waals surface area contributed by atoms with Gasteiger partial charge in [-0.1, -0.05) is 164 Å². The van der Waals surface area contributed by atoms with Crippen LogP contribution in [0.25, 0.3) is 0 Å². The second kappa shape index (κ2) is 40.6. The van der Waals surface area contributed by atoms with Gasteiger partial charge in [-0.15, -0.1) is 0 Å². The number of rotatable bonds is 41. The van der Waals surface area contributed by atoms with Crippen molar-refractivity contribution < 1.29 is 63.1 Å². The van der Waals surface area contributed by atoms with E-state index in [9.17, 15) is 44.6 Å². The molecule has 1 fully saturated rings. The van der Waals surface area contributed by atoms with Crippen LogP contribution in [-0.4, -0.2) is 98.3 Å². The lowest BCUT2D eigenvalue weighted by Gasteiger charge is -2.41. The van der Waals surface area contributed by atoms with Crippen molar-refractivity contribution in [3.8, 4) is 0 Å². The van der Waals surface area contributed by atoms with Gasteiger partial charge < -0.3 is 39.9 Å². The number of allylic oxidation sites excluding steroid dienone is 10. The van der Waals surface area contributed by atoms with Gasteiger partial charge in [-0.25, -0.2) is 4.57 Å². The van der Waals surface area contributed by atoms with E-state index in [1.54, 1.807) is 0 Å². The lowest BCUT2D eigenvalue weighted by Crippen LogP contribution is -2.64. The van der Waals surface area contributed by atoms with Crippen LogP contribution in [0.5, 0.6) is 0 Å². The van der Waals surface area contributed by atoms with Crippen LogP contribution in [0.4, 0.5) is 0 Å². The van der Waals surface area contributed by atoms with Gasteiger partial charge in [0.1, 0.15) is 43.2 Å². The average molecular weight is 941 g/mol. The quantitative estimate of drug-likeness (QED) is 0.0146. The maximum atomic E-state index is 12.8. The monoisotopic (exact) mass is 941 g/mol. The van der Waals surface area contributed by atoms with Crippen LogP contribution < -0.4 is 0 Å². The molecular weight excluding hydrogens is 852 g/mol. The summed E-state index contributed by atoms with van der Waals surface area (Å²) < 4.78 is 33.5. The molecule has 0 aliphatic heterocycles. The van der Waals surface area contributed by atoms with Crippen molar-refractivity contribution >= 4 is 19.8 Å². The van der Waals surface area contributed by atoms with Crippen molar-refractivity contribution in [2.45, 2.75) is 236 Å². The summed E-state index contributed by atoms with van der Waals surface area (Å²) in [6.45, 7) is 3.24. The number of phosphoric acid groups is 1. The van der Waals surface area contributed by atoms with E-state index in [4.69, 9.17) is 18.5 Å². The molecule has 1 saturated carbocycles. The standard InChI is InChI=1S/C51H89O13P/c1-3-5-7-9-11-13-15-17-19-20-21-22-23-24-26-28-30-32-34-36-38-40-45(53)63-43(42-62-65(59,60)64-51-49(57)47(55)46(54)48(56)50(51)58)41-61-44(52)39-37-35-33-31-29-27-25-18-16-14-12-10-8-6-4-2/h19-20,22-23,26-29,32,34,43,46-51,54-58H,3-18,21,24-25,30-31,33,35-42H2,1-2H3,(H,59,60)/b20-19+,23-22+,28-26+,29-27+,34-32+/t43-,46?,47-,48?,49?,50?,51?/m1/s1. The lowest BCUT2D eigenvalue weighted by molar-refractivity contribution is -0.220. The molecule has 376 valence electrons. The van der Waals surface area contributed by atoms with E-state index in [2.05, 4.69) is 62.5 Å². The number of carbonyl (C=O) groups excluding carboxylic acids is 2. The van der Waals surface area contributed by atoms with Crippen LogP contribution in [-0.2, 0) is 32.7 Å². The van der Waals surface area contributed by atoms with Gasteiger partial charge in [-0.2, -0.15) is 0 Å². The van der Waals surface area contributed by atoms with Gasteiger partial charge in [0, 0.05) is 12.8 Å². The first kappa shape index (κ1) is 60.6. The summed E-state index contributed by atoms with van der Waals surface area (Å²) in [6.07, 6.45) is 37.1. The molecule has 0 radical (unpaired) electrons. The highest BCUT2D eigenvalue weighted by molar-refractivity contribution is 7.47. The Labute approximate surface area is 392 Å². The second-order valence-electron chi connectivity index (χ2n) is 17.3. The van der Waals surface area contributed by atoms with Gasteiger partial charge in [0.05, 0.1) is 6.61 Å². The molecule has 6 N–H and O–H groups in total. The van der Waals surface area contributed by atoms with E-state index in [-0.39, 0.29) is 12.8 Å².